The summed E-state index contributed by atoms with van der Waals surface area (Å²) in [6, 6.07) is 0. The topological polar surface area (TPSA) is 57.5 Å². The van der Waals surface area contributed by atoms with Crippen molar-refractivity contribution in [3.05, 3.63) is 0 Å². The minimum Gasteiger partial charge on any atom is -0.324 e. The standard InChI is InChI=1S/C5H13O3P.Cu/c1-2-3-4-5-9(6,7)8;/h2-5H2,1H3,(H2,6,7,8);/q;+2. The predicted octanol–water partition coefficient (Wildman–Crippen LogP) is 1.35. The van der Waals surface area contributed by atoms with Gasteiger partial charge >= 0.3 is 24.7 Å². The van der Waals surface area contributed by atoms with E-state index in [-0.39, 0.29) is 23.2 Å². The molecule has 0 unspecified atom stereocenters. The molecule has 0 aliphatic carbocycles. The average molecular weight is 216 g/mol. The molecule has 0 saturated carbocycles. The quantitative estimate of drug-likeness (QED) is 0.423. The van der Waals surface area contributed by atoms with Crippen molar-refractivity contribution in [2.24, 2.45) is 0 Å². The van der Waals surface area contributed by atoms with Gasteiger partial charge in [-0.2, -0.15) is 0 Å². The maximum absolute atomic E-state index is 10.2. The van der Waals surface area contributed by atoms with Crippen molar-refractivity contribution in [1.82, 2.24) is 0 Å². The van der Waals surface area contributed by atoms with Gasteiger partial charge in [-0.3, -0.25) is 4.57 Å². The van der Waals surface area contributed by atoms with Gasteiger partial charge in [0.15, 0.2) is 0 Å². The Balaban J connectivity index is 0. The molecule has 1 radical (unpaired) electrons. The summed E-state index contributed by atoms with van der Waals surface area (Å²) in [5.74, 6) is 0. The maximum Gasteiger partial charge on any atom is 2.00 e. The Kier molecular flexibility index (Phi) is 8.47. The molecule has 0 rings (SSSR count). The van der Waals surface area contributed by atoms with Crippen molar-refractivity contribution in [2.45, 2.75) is 26.2 Å². The molecule has 0 bridgehead atoms. The molecule has 0 atom stereocenters. The van der Waals surface area contributed by atoms with Crippen LogP contribution in [0.4, 0.5) is 0 Å². The number of unbranched alkanes of at least 4 members (excludes halogenated alkanes) is 2. The molecular weight excluding hydrogens is 203 g/mol. The van der Waals surface area contributed by atoms with Gasteiger partial charge in [-0.1, -0.05) is 19.8 Å². The van der Waals surface area contributed by atoms with E-state index in [0.717, 1.165) is 12.8 Å². The minimum atomic E-state index is -3.70. The van der Waals surface area contributed by atoms with Gasteiger partial charge in [0.05, 0.1) is 0 Å². The van der Waals surface area contributed by atoms with Gasteiger partial charge < -0.3 is 9.79 Å². The Labute approximate surface area is 71.8 Å². The van der Waals surface area contributed by atoms with Crippen LogP contribution in [-0.4, -0.2) is 15.9 Å². The van der Waals surface area contributed by atoms with Crippen LogP contribution in [0, 0.1) is 0 Å². The zero-order valence-corrected chi connectivity index (χ0v) is 7.72. The summed E-state index contributed by atoms with van der Waals surface area (Å²) in [6.07, 6.45) is 2.59. The number of hydrogen-bond donors (Lipinski definition) is 2. The first-order chi connectivity index (χ1) is 4.06. The zero-order valence-electron chi connectivity index (χ0n) is 5.88. The third-order valence-corrected chi connectivity index (χ3v) is 1.95. The molecule has 0 fully saturated rings. The Morgan fingerprint density at radius 3 is 2.10 bits per heavy atom. The third kappa shape index (κ3) is 11.5. The average Bonchev–Trinajstić information content (AvgIpc) is 1.63. The Hall–Kier alpha value is 0.669. The molecule has 0 aliphatic rings. The maximum atomic E-state index is 10.2. The van der Waals surface area contributed by atoms with E-state index in [2.05, 4.69) is 0 Å². The monoisotopic (exact) mass is 215 g/mol. The summed E-state index contributed by atoms with van der Waals surface area (Å²) < 4.78 is 10.2. The van der Waals surface area contributed by atoms with E-state index in [9.17, 15) is 4.57 Å². The third-order valence-electron chi connectivity index (χ3n) is 1.05. The number of rotatable bonds is 4. The van der Waals surface area contributed by atoms with Gasteiger partial charge in [0.2, 0.25) is 0 Å². The Bertz CT molecular complexity index is 111. The van der Waals surface area contributed by atoms with Gasteiger partial charge in [0.1, 0.15) is 0 Å². The van der Waals surface area contributed by atoms with Gasteiger partial charge in [0, 0.05) is 6.16 Å². The van der Waals surface area contributed by atoms with E-state index in [4.69, 9.17) is 9.79 Å². The minimum absolute atomic E-state index is 0. The smallest absolute Gasteiger partial charge is 0.324 e. The van der Waals surface area contributed by atoms with Crippen LogP contribution in [-0.2, 0) is 21.6 Å². The normalized spacial score (nSPS) is 10.7. The van der Waals surface area contributed by atoms with Gasteiger partial charge in [-0.05, 0) is 6.42 Å². The first-order valence-electron chi connectivity index (χ1n) is 3.11. The van der Waals surface area contributed by atoms with Crippen LogP contribution in [0.15, 0.2) is 0 Å². The van der Waals surface area contributed by atoms with Crippen molar-refractivity contribution in [3.8, 4) is 0 Å². The molecule has 0 spiro atoms. The van der Waals surface area contributed by atoms with Crippen LogP contribution in [0.1, 0.15) is 26.2 Å². The van der Waals surface area contributed by atoms with Crippen LogP contribution in [0.3, 0.4) is 0 Å². The summed E-state index contributed by atoms with van der Waals surface area (Å²) >= 11 is 0. The fraction of sp³-hybridized carbons (Fsp3) is 1.00. The summed E-state index contributed by atoms with van der Waals surface area (Å²) in [5.41, 5.74) is 0. The van der Waals surface area contributed by atoms with Crippen LogP contribution in [0.5, 0.6) is 0 Å². The first kappa shape index (κ1) is 13.3. The largest absolute Gasteiger partial charge is 2.00 e. The SMILES string of the molecule is CCCCCP(=O)(O)O.[Cu+2]. The van der Waals surface area contributed by atoms with Crippen LogP contribution < -0.4 is 0 Å². The molecule has 2 N–H and O–H groups in total. The van der Waals surface area contributed by atoms with E-state index in [0.29, 0.717) is 6.42 Å². The summed E-state index contributed by atoms with van der Waals surface area (Å²) in [4.78, 5) is 16.7. The summed E-state index contributed by atoms with van der Waals surface area (Å²) in [5, 5.41) is 0. The zero-order chi connectivity index (χ0) is 7.33. The molecule has 0 aromatic carbocycles. The van der Waals surface area contributed by atoms with E-state index in [1.165, 1.54) is 0 Å². The van der Waals surface area contributed by atoms with E-state index >= 15 is 0 Å². The van der Waals surface area contributed by atoms with E-state index in [1.54, 1.807) is 0 Å². The number of hydrogen-bond acceptors (Lipinski definition) is 1. The Morgan fingerprint density at radius 1 is 1.30 bits per heavy atom. The fourth-order valence-corrected chi connectivity index (χ4v) is 1.20. The molecule has 0 aromatic heterocycles. The second-order valence-corrected chi connectivity index (χ2v) is 3.87. The molecule has 5 heteroatoms. The molecule has 0 saturated heterocycles. The van der Waals surface area contributed by atoms with Crippen LogP contribution >= 0.6 is 7.60 Å². The Morgan fingerprint density at radius 2 is 1.80 bits per heavy atom. The van der Waals surface area contributed by atoms with Crippen molar-refractivity contribution >= 4 is 7.60 Å². The molecule has 65 valence electrons. The van der Waals surface area contributed by atoms with E-state index in [1.807, 2.05) is 6.92 Å². The molecule has 3 nitrogen and oxygen atoms in total. The van der Waals surface area contributed by atoms with Gasteiger partial charge in [0.25, 0.3) is 0 Å². The van der Waals surface area contributed by atoms with Crippen molar-refractivity contribution < 1.29 is 31.4 Å². The van der Waals surface area contributed by atoms with Gasteiger partial charge in [-0.15, -0.1) is 0 Å². The van der Waals surface area contributed by atoms with Crippen molar-refractivity contribution in [2.75, 3.05) is 6.16 Å². The first-order valence-corrected chi connectivity index (χ1v) is 4.90. The second kappa shape index (κ2) is 6.38. The molecule has 0 heterocycles. The molecule has 0 aromatic rings. The van der Waals surface area contributed by atoms with Crippen LogP contribution in [0.2, 0.25) is 0 Å². The summed E-state index contributed by atoms with van der Waals surface area (Å²) in [6.45, 7) is 2.00. The van der Waals surface area contributed by atoms with Crippen molar-refractivity contribution in [1.29, 1.82) is 0 Å². The van der Waals surface area contributed by atoms with Crippen LogP contribution in [0.25, 0.3) is 0 Å². The van der Waals surface area contributed by atoms with Crippen molar-refractivity contribution in [3.63, 3.8) is 0 Å². The molecular formula is C5H13CuO3P+2. The molecule has 0 aliphatic heterocycles. The summed E-state index contributed by atoms with van der Waals surface area (Å²) in [7, 11) is -3.70. The second-order valence-electron chi connectivity index (χ2n) is 2.10. The molecule has 10 heavy (non-hydrogen) atoms. The fourth-order valence-electron chi connectivity index (χ4n) is 0.568. The van der Waals surface area contributed by atoms with E-state index < -0.39 is 7.60 Å². The molecule has 0 amide bonds. The predicted molar refractivity (Wildman–Crippen MR) is 36.4 cm³/mol. The van der Waals surface area contributed by atoms with Gasteiger partial charge in [-0.25, -0.2) is 0 Å².